The van der Waals surface area contributed by atoms with Gasteiger partial charge in [0.15, 0.2) is 0 Å². The van der Waals surface area contributed by atoms with Gasteiger partial charge in [0.1, 0.15) is 22.4 Å². The van der Waals surface area contributed by atoms with Gasteiger partial charge in [-0.3, -0.25) is 46.9 Å². The van der Waals surface area contributed by atoms with E-state index in [1.807, 2.05) is 220 Å². The maximum Gasteiger partial charge on any atom is 0.265 e. The third-order valence-electron chi connectivity index (χ3n) is 22.9. The summed E-state index contributed by atoms with van der Waals surface area (Å²) in [5.74, 6) is 0. The van der Waals surface area contributed by atoms with Crippen molar-refractivity contribution in [2.75, 3.05) is 0 Å². The molecule has 570 valence electrons. The Morgan fingerprint density at radius 2 is 0.537 bits per heavy atom. The maximum absolute atomic E-state index is 13.9. The number of hydrogen-bond acceptors (Lipinski definition) is 10. The van der Waals surface area contributed by atoms with E-state index in [2.05, 4.69) is 170 Å². The predicted molar refractivity (Wildman–Crippen MR) is 487 cm³/mol. The van der Waals surface area contributed by atoms with Crippen LogP contribution in [-0.2, 0) is 4.79 Å². The summed E-state index contributed by atoms with van der Waals surface area (Å²) < 4.78 is 6.33. The number of aromatic nitrogens is 9. The van der Waals surface area contributed by atoms with Crippen molar-refractivity contribution in [1.29, 1.82) is 0 Å². The van der Waals surface area contributed by atoms with Crippen LogP contribution in [0.5, 0.6) is 0 Å². The van der Waals surface area contributed by atoms with Crippen LogP contribution in [0.4, 0.5) is 5.69 Å². The molecule has 9 aromatic heterocycles. The van der Waals surface area contributed by atoms with Crippen LogP contribution in [0.25, 0.3) is 195 Å². The van der Waals surface area contributed by atoms with Crippen molar-refractivity contribution in [2.24, 2.45) is 4.99 Å². The molecule has 9 heterocycles. The molecule has 0 aliphatic rings. The van der Waals surface area contributed by atoms with E-state index in [4.69, 9.17) is 29.9 Å². The molecule has 0 aliphatic heterocycles. The Balaban J connectivity index is 0.650. The van der Waals surface area contributed by atoms with Gasteiger partial charge < -0.3 is 0 Å². The zero-order valence-corrected chi connectivity index (χ0v) is 65.1. The van der Waals surface area contributed by atoms with E-state index in [-0.39, 0.29) is 16.7 Å². The van der Waals surface area contributed by atoms with Crippen molar-refractivity contribution >= 4 is 61.7 Å². The van der Waals surface area contributed by atoms with Crippen LogP contribution < -0.4 is 22.2 Å². The Kier molecular flexibility index (Phi) is 18.0. The summed E-state index contributed by atoms with van der Waals surface area (Å²) in [6.07, 6.45) is 11.9. The van der Waals surface area contributed by atoms with Gasteiger partial charge in [0.2, 0.25) is 6.41 Å². The monoisotopic (exact) mass is 1560 g/mol. The predicted octanol–water partition coefficient (Wildman–Crippen LogP) is 23.0. The molecule has 0 atom stereocenters. The van der Waals surface area contributed by atoms with E-state index >= 15 is 0 Å². The summed E-state index contributed by atoms with van der Waals surface area (Å²) in [4.78, 5) is 84.5. The fourth-order valence-corrected chi connectivity index (χ4v) is 16.9. The first kappa shape index (κ1) is 72.1. The number of hydrogen-bond donors (Lipinski definition) is 0. The summed E-state index contributed by atoms with van der Waals surface area (Å²) in [6.45, 7) is 2.01. The number of benzene rings is 12. The molecular weight excluding hydrogens is 1490 g/mol. The molecular formula is C107H68N10O4. The van der Waals surface area contributed by atoms with Crippen molar-refractivity contribution in [3.05, 3.63) is 431 Å². The highest BCUT2D eigenvalue weighted by molar-refractivity contribution is 5.98. The third kappa shape index (κ3) is 13.2. The van der Waals surface area contributed by atoms with Gasteiger partial charge >= 0.3 is 0 Å². The zero-order valence-electron chi connectivity index (χ0n) is 65.1. The summed E-state index contributed by atoms with van der Waals surface area (Å²) in [6, 6.07) is 118. The first-order chi connectivity index (χ1) is 59.6. The zero-order chi connectivity index (χ0) is 81.2. The lowest BCUT2D eigenvalue weighted by atomic mass is 9.86. The second-order valence-corrected chi connectivity index (χ2v) is 30.2. The molecule has 12 aromatic carbocycles. The van der Waals surface area contributed by atoms with E-state index in [0.717, 1.165) is 151 Å². The quantitative estimate of drug-likeness (QED) is 0.0718. The molecule has 0 saturated heterocycles. The van der Waals surface area contributed by atoms with Crippen LogP contribution in [0, 0.1) is 6.92 Å². The van der Waals surface area contributed by atoms with Crippen molar-refractivity contribution in [1.82, 2.24) is 42.7 Å². The Morgan fingerprint density at radius 1 is 0.264 bits per heavy atom. The summed E-state index contributed by atoms with van der Waals surface area (Å²) in [7, 11) is 0. The SMILES string of the molecule is Cc1ccccc1N=c1cc(-c2ccccc2-c2cc(-c3ccccc3-c3ccc(-c4ccc(-c5ccccc5-c5cc(-c6ccccc6-c6ccn7c(=O)c8ccccc8nc7c6)cc(-c6ccccc6-c6ccn7c(=O)c8ccccc8nc7c6)c5)cn4)nc3)cc(-c3ccccc3-c3ccn4c(=O)c5ccccc5nc4c3)c2)ccn1C=O. The summed E-state index contributed by atoms with van der Waals surface area (Å²) in [5, 5.41) is 1.66. The third-order valence-corrected chi connectivity index (χ3v) is 22.9. The second kappa shape index (κ2) is 30.2. The number of pyridine rings is 6. The van der Waals surface area contributed by atoms with Crippen LogP contribution in [-0.4, -0.2) is 49.1 Å². The molecule has 21 rings (SSSR count). The Morgan fingerprint density at radius 3 is 0.843 bits per heavy atom. The summed E-state index contributed by atoms with van der Waals surface area (Å²) in [5.41, 5.74) is 29.7. The first-order valence-corrected chi connectivity index (χ1v) is 39.9. The molecule has 0 N–H and O–H groups in total. The van der Waals surface area contributed by atoms with Crippen molar-refractivity contribution in [3.63, 3.8) is 0 Å². The van der Waals surface area contributed by atoms with Gasteiger partial charge in [-0.1, -0.05) is 212 Å². The topological polar surface area (TPSA) is 163 Å². The van der Waals surface area contributed by atoms with E-state index in [0.29, 0.717) is 66.5 Å². The van der Waals surface area contributed by atoms with Gasteiger partial charge in [0, 0.05) is 48.3 Å². The molecule has 14 heteroatoms. The standard InChI is InChI=1S/C107H68N10O4/c1-67-22-2-18-38-95(67)110-101-60-68(46-50-114(101)66-118)80-23-3-9-29-86(80)74-54-75(87-30-10-4-24-81(87)69-47-51-115-102(61-69)111-96-39-19-15-35-92(96)105(115)119)57-78(56-74)90-33-13-7-27-84(90)72-42-44-99(108-64-72)100-45-43-73(65-109-100)85-28-8-14-34-91(85)79-58-76(88-31-11-5-25-82(88)70-48-52-116-103(62-70)112-97-40-20-16-36-93(97)106(116)120)55-77(59-79)89-32-12-6-26-83(89)71-49-53-117-104(63-71)113-98-41-21-17-37-94(98)107(117)121/h2-66H,1H3. The molecule has 0 radical (unpaired) electrons. The Labute approximate surface area is 692 Å². The normalized spacial score (nSPS) is 11.7. The number of carbonyl (C=O) groups is 1. The van der Waals surface area contributed by atoms with E-state index in [1.165, 1.54) is 4.57 Å². The first-order valence-electron chi connectivity index (χ1n) is 39.9. The highest BCUT2D eigenvalue weighted by atomic mass is 16.1. The molecule has 0 amide bonds. The minimum atomic E-state index is -0.129. The molecule has 0 aliphatic carbocycles. The Bertz CT molecular complexity index is 7910. The average Bonchev–Trinajstić information content (AvgIpc) is 0.774. The van der Waals surface area contributed by atoms with Crippen LogP contribution in [0.2, 0.25) is 0 Å². The number of fused-ring (bicyclic) bond motifs is 6. The lowest BCUT2D eigenvalue weighted by Gasteiger charge is -2.18. The van der Waals surface area contributed by atoms with Crippen molar-refractivity contribution < 1.29 is 4.79 Å². The minimum absolute atomic E-state index is 0.128. The van der Waals surface area contributed by atoms with Crippen molar-refractivity contribution in [2.45, 2.75) is 6.92 Å². The fourth-order valence-electron chi connectivity index (χ4n) is 16.9. The number of nitrogens with zero attached hydrogens (tertiary/aromatic N) is 10. The van der Waals surface area contributed by atoms with E-state index in [1.54, 1.807) is 19.4 Å². The van der Waals surface area contributed by atoms with Gasteiger partial charge in [-0.05, 0) is 274 Å². The Hall–Kier alpha value is -16.6. The molecule has 0 saturated carbocycles. The molecule has 0 bridgehead atoms. The van der Waals surface area contributed by atoms with E-state index < -0.39 is 0 Å². The van der Waals surface area contributed by atoms with Crippen LogP contribution >= 0.6 is 0 Å². The van der Waals surface area contributed by atoms with Crippen LogP contribution in [0.1, 0.15) is 5.56 Å². The van der Waals surface area contributed by atoms with Crippen LogP contribution in [0.3, 0.4) is 0 Å². The molecule has 0 unspecified atom stereocenters. The number of carbonyl (C=O) groups excluding carboxylic acids is 1. The smallest absolute Gasteiger partial charge is 0.265 e. The molecule has 0 fully saturated rings. The number of aryl methyl sites for hydroxylation is 1. The minimum Gasteiger partial charge on any atom is -0.278 e. The molecule has 21 aromatic rings. The van der Waals surface area contributed by atoms with Crippen LogP contribution in [0.15, 0.2) is 408 Å². The fraction of sp³-hybridized carbons (Fsp3) is 0.00935. The average molecular weight is 1560 g/mol. The number of para-hydroxylation sites is 4. The molecule has 121 heavy (non-hydrogen) atoms. The van der Waals surface area contributed by atoms with E-state index in [9.17, 15) is 19.2 Å². The highest BCUT2D eigenvalue weighted by Gasteiger charge is 2.22. The number of rotatable bonds is 15. The largest absolute Gasteiger partial charge is 0.278 e. The highest BCUT2D eigenvalue weighted by Crippen LogP contribution is 2.46. The summed E-state index contributed by atoms with van der Waals surface area (Å²) >= 11 is 0. The van der Waals surface area contributed by atoms with Gasteiger partial charge in [0.25, 0.3) is 16.7 Å². The lowest BCUT2D eigenvalue weighted by molar-refractivity contribution is 0.545. The van der Waals surface area contributed by atoms with Gasteiger partial charge in [-0.15, -0.1) is 0 Å². The molecule has 14 nitrogen and oxygen atoms in total. The molecule has 0 spiro atoms. The van der Waals surface area contributed by atoms with Gasteiger partial charge in [0.05, 0.1) is 49.8 Å². The lowest BCUT2D eigenvalue weighted by Crippen LogP contribution is -2.19. The van der Waals surface area contributed by atoms with Gasteiger partial charge in [-0.2, -0.15) is 0 Å². The van der Waals surface area contributed by atoms with Gasteiger partial charge in [-0.25, -0.2) is 19.9 Å². The maximum atomic E-state index is 13.9. The second-order valence-electron chi connectivity index (χ2n) is 30.2. The van der Waals surface area contributed by atoms with Crippen molar-refractivity contribution in [3.8, 4) is 145 Å².